The molecule has 0 unspecified atom stereocenters. The lowest BCUT2D eigenvalue weighted by atomic mass is 10.1. The van der Waals surface area contributed by atoms with Gasteiger partial charge in [-0.1, -0.05) is 32.0 Å². The third kappa shape index (κ3) is 4.57. The van der Waals surface area contributed by atoms with Crippen LogP contribution in [0.2, 0.25) is 0 Å². The lowest BCUT2D eigenvalue weighted by molar-refractivity contribution is -0.129. The molecule has 27 heavy (non-hydrogen) atoms. The van der Waals surface area contributed by atoms with Crippen molar-refractivity contribution in [2.45, 2.75) is 13.8 Å². The van der Waals surface area contributed by atoms with Gasteiger partial charge in [-0.2, -0.15) is 0 Å². The number of hydrogen-bond acceptors (Lipinski definition) is 5. The maximum atomic E-state index is 12.2. The largest absolute Gasteiger partial charge is 0.493 e. The average molecular weight is 430 g/mol. The molecule has 0 radical (unpaired) electrons. The Morgan fingerprint density at radius 3 is 2.67 bits per heavy atom. The van der Waals surface area contributed by atoms with Gasteiger partial charge in [0.2, 0.25) is 5.90 Å². The van der Waals surface area contributed by atoms with E-state index >= 15 is 0 Å². The molecular formula is C21H20BrNO4. The van der Waals surface area contributed by atoms with Gasteiger partial charge >= 0.3 is 5.97 Å². The first-order chi connectivity index (χ1) is 13.0. The summed E-state index contributed by atoms with van der Waals surface area (Å²) < 4.78 is 17.3. The van der Waals surface area contributed by atoms with Crippen molar-refractivity contribution in [3.63, 3.8) is 0 Å². The standard InChI is InChI=1S/C21H20BrNO4/c1-13(2)12-26-18-9-8-14(11-19(18)25-3)10-17-21(24)27-20(23-17)15-6-4-5-7-16(15)22/h4-11,13H,12H2,1-3H3/b17-10-. The van der Waals surface area contributed by atoms with Crippen LogP contribution in [0, 0.1) is 5.92 Å². The fraction of sp³-hybridized carbons (Fsp3) is 0.238. The second-order valence-corrected chi connectivity index (χ2v) is 7.29. The summed E-state index contributed by atoms with van der Waals surface area (Å²) in [7, 11) is 1.58. The minimum Gasteiger partial charge on any atom is -0.493 e. The highest BCUT2D eigenvalue weighted by atomic mass is 79.9. The zero-order valence-electron chi connectivity index (χ0n) is 15.4. The van der Waals surface area contributed by atoms with Crippen LogP contribution in [-0.4, -0.2) is 25.6 Å². The predicted octanol–water partition coefficient (Wildman–Crippen LogP) is 4.84. The predicted molar refractivity (Wildman–Crippen MR) is 108 cm³/mol. The van der Waals surface area contributed by atoms with E-state index in [-0.39, 0.29) is 11.6 Å². The molecule has 0 aromatic heterocycles. The highest BCUT2D eigenvalue weighted by Gasteiger charge is 2.25. The van der Waals surface area contributed by atoms with E-state index in [1.165, 1.54) is 0 Å². The van der Waals surface area contributed by atoms with Crippen molar-refractivity contribution in [3.8, 4) is 11.5 Å². The molecule has 3 rings (SSSR count). The monoisotopic (exact) mass is 429 g/mol. The van der Waals surface area contributed by atoms with Crippen LogP contribution in [-0.2, 0) is 9.53 Å². The van der Waals surface area contributed by atoms with Crippen LogP contribution in [0.1, 0.15) is 25.0 Å². The third-order valence-electron chi connectivity index (χ3n) is 3.79. The summed E-state index contributed by atoms with van der Waals surface area (Å²) in [6.45, 7) is 4.76. The van der Waals surface area contributed by atoms with Crippen LogP contribution in [0.3, 0.4) is 0 Å². The summed E-state index contributed by atoms with van der Waals surface area (Å²) in [5.41, 5.74) is 1.73. The van der Waals surface area contributed by atoms with Crippen LogP contribution < -0.4 is 9.47 Å². The first-order valence-electron chi connectivity index (χ1n) is 8.56. The summed E-state index contributed by atoms with van der Waals surface area (Å²) >= 11 is 3.44. The number of benzene rings is 2. The normalized spacial score (nSPS) is 15.1. The summed E-state index contributed by atoms with van der Waals surface area (Å²) in [5, 5.41) is 0. The number of methoxy groups -OCH3 is 1. The minimum atomic E-state index is -0.486. The molecule has 1 aliphatic heterocycles. The molecule has 0 saturated heterocycles. The van der Waals surface area contributed by atoms with Gasteiger partial charge < -0.3 is 14.2 Å². The lowest BCUT2D eigenvalue weighted by Gasteiger charge is -2.12. The van der Waals surface area contributed by atoms with E-state index in [1.54, 1.807) is 13.2 Å². The molecule has 1 aliphatic rings. The zero-order valence-corrected chi connectivity index (χ0v) is 16.9. The van der Waals surface area contributed by atoms with Gasteiger partial charge in [0.25, 0.3) is 0 Å². The molecule has 2 aromatic rings. The number of rotatable bonds is 6. The molecule has 0 spiro atoms. The molecule has 0 N–H and O–H groups in total. The van der Waals surface area contributed by atoms with Gasteiger partial charge in [-0.25, -0.2) is 9.79 Å². The Kier molecular flexibility index (Phi) is 5.96. The topological polar surface area (TPSA) is 57.1 Å². The quantitative estimate of drug-likeness (QED) is 0.486. The second kappa shape index (κ2) is 8.39. The van der Waals surface area contributed by atoms with Crippen molar-refractivity contribution in [2.24, 2.45) is 10.9 Å². The van der Waals surface area contributed by atoms with Crippen molar-refractivity contribution in [1.29, 1.82) is 0 Å². The van der Waals surface area contributed by atoms with Crippen molar-refractivity contribution >= 4 is 33.9 Å². The molecule has 0 saturated carbocycles. The Hall–Kier alpha value is -2.60. The highest BCUT2D eigenvalue weighted by molar-refractivity contribution is 9.10. The molecule has 0 amide bonds. The van der Waals surface area contributed by atoms with Crippen molar-refractivity contribution < 1.29 is 19.0 Å². The maximum absolute atomic E-state index is 12.2. The van der Waals surface area contributed by atoms with E-state index in [2.05, 4.69) is 34.8 Å². The minimum absolute atomic E-state index is 0.235. The van der Waals surface area contributed by atoms with Gasteiger partial charge in [0, 0.05) is 4.47 Å². The Labute approximate surface area is 166 Å². The van der Waals surface area contributed by atoms with Crippen LogP contribution in [0.5, 0.6) is 11.5 Å². The maximum Gasteiger partial charge on any atom is 0.363 e. The number of carbonyl (C=O) groups is 1. The number of aliphatic imine (C=N–C) groups is 1. The van der Waals surface area contributed by atoms with E-state index in [0.717, 1.165) is 15.6 Å². The average Bonchev–Trinajstić information content (AvgIpc) is 3.01. The Bertz CT molecular complexity index is 918. The van der Waals surface area contributed by atoms with E-state index in [4.69, 9.17) is 14.2 Å². The van der Waals surface area contributed by atoms with Gasteiger partial charge in [0.1, 0.15) is 0 Å². The number of halogens is 1. The van der Waals surface area contributed by atoms with E-state index in [1.807, 2.05) is 42.5 Å². The first-order valence-corrected chi connectivity index (χ1v) is 9.35. The number of carbonyl (C=O) groups excluding carboxylic acids is 1. The number of hydrogen-bond donors (Lipinski definition) is 0. The number of cyclic esters (lactones) is 1. The van der Waals surface area contributed by atoms with Gasteiger partial charge in [-0.05, 0) is 57.8 Å². The van der Waals surface area contributed by atoms with Crippen molar-refractivity contribution in [2.75, 3.05) is 13.7 Å². The van der Waals surface area contributed by atoms with Crippen molar-refractivity contribution in [1.82, 2.24) is 0 Å². The first kappa shape index (κ1) is 19.2. The molecular weight excluding hydrogens is 410 g/mol. The summed E-state index contributed by atoms with van der Waals surface area (Å²) in [4.78, 5) is 16.5. The van der Waals surface area contributed by atoms with Crippen molar-refractivity contribution in [3.05, 3.63) is 63.8 Å². The smallest absolute Gasteiger partial charge is 0.363 e. The summed E-state index contributed by atoms with van der Waals surface area (Å²) in [6.07, 6.45) is 1.67. The van der Waals surface area contributed by atoms with Gasteiger partial charge in [-0.15, -0.1) is 0 Å². The molecule has 5 nitrogen and oxygen atoms in total. The van der Waals surface area contributed by atoms with Gasteiger partial charge in [-0.3, -0.25) is 0 Å². The molecule has 0 fully saturated rings. The Morgan fingerprint density at radius 1 is 1.19 bits per heavy atom. The molecule has 0 bridgehead atoms. The number of esters is 1. The fourth-order valence-corrected chi connectivity index (χ4v) is 2.92. The third-order valence-corrected chi connectivity index (χ3v) is 4.48. The Balaban J connectivity index is 1.87. The summed E-state index contributed by atoms with van der Waals surface area (Å²) in [6, 6.07) is 12.9. The van der Waals surface area contributed by atoms with Crippen LogP contribution >= 0.6 is 15.9 Å². The van der Waals surface area contributed by atoms with Gasteiger partial charge in [0.15, 0.2) is 17.2 Å². The molecule has 1 heterocycles. The highest BCUT2D eigenvalue weighted by Crippen LogP contribution is 2.30. The van der Waals surface area contributed by atoms with E-state index in [0.29, 0.717) is 24.0 Å². The molecule has 140 valence electrons. The molecule has 0 aliphatic carbocycles. The summed E-state index contributed by atoms with van der Waals surface area (Å²) in [5.74, 6) is 1.48. The van der Waals surface area contributed by atoms with Gasteiger partial charge in [0.05, 0.1) is 19.3 Å². The van der Waals surface area contributed by atoms with Crippen LogP contribution in [0.4, 0.5) is 0 Å². The van der Waals surface area contributed by atoms with Crippen LogP contribution in [0.25, 0.3) is 6.08 Å². The molecule has 6 heteroatoms. The fourth-order valence-electron chi connectivity index (χ4n) is 2.47. The SMILES string of the molecule is COc1cc(/C=C2\N=C(c3ccccc3Br)OC2=O)ccc1OCC(C)C. The number of ether oxygens (including phenoxy) is 3. The van der Waals surface area contributed by atoms with E-state index in [9.17, 15) is 4.79 Å². The second-order valence-electron chi connectivity index (χ2n) is 6.43. The van der Waals surface area contributed by atoms with E-state index < -0.39 is 5.97 Å². The van der Waals surface area contributed by atoms with Crippen LogP contribution in [0.15, 0.2) is 57.6 Å². The molecule has 0 atom stereocenters. The Morgan fingerprint density at radius 2 is 1.96 bits per heavy atom. The molecule has 2 aromatic carbocycles. The lowest BCUT2D eigenvalue weighted by Crippen LogP contribution is -2.06. The number of nitrogens with zero attached hydrogens (tertiary/aromatic N) is 1. The zero-order chi connectivity index (χ0) is 19.4.